The number of amides is 1. The van der Waals surface area contributed by atoms with Crippen molar-refractivity contribution in [3.8, 4) is 0 Å². The molecule has 5 heteroatoms. The minimum absolute atomic E-state index is 0.384. The third kappa shape index (κ3) is 3.49. The first kappa shape index (κ1) is 13.6. The Morgan fingerprint density at radius 1 is 1.24 bits per heavy atom. The van der Waals surface area contributed by atoms with Crippen LogP contribution in [0.2, 0.25) is 0 Å². The second kappa shape index (κ2) is 5.23. The van der Waals surface area contributed by atoms with Crippen molar-refractivity contribution < 1.29 is 14.7 Å². The van der Waals surface area contributed by atoms with Gasteiger partial charge in [-0.3, -0.25) is 4.79 Å². The van der Waals surface area contributed by atoms with Crippen LogP contribution < -0.4 is 5.32 Å². The van der Waals surface area contributed by atoms with Crippen LogP contribution in [0.25, 0.3) is 0 Å². The molecular formula is C12H15NO3S. The predicted molar refractivity (Wildman–Crippen MR) is 67.4 cm³/mol. The van der Waals surface area contributed by atoms with Gasteiger partial charge < -0.3 is 10.4 Å². The smallest absolute Gasteiger partial charge is 0.328 e. The zero-order valence-corrected chi connectivity index (χ0v) is 10.8. The van der Waals surface area contributed by atoms with Crippen LogP contribution in [-0.4, -0.2) is 28.8 Å². The van der Waals surface area contributed by atoms with Gasteiger partial charge in [0, 0.05) is 10.5 Å². The molecule has 0 heterocycles. The summed E-state index contributed by atoms with van der Waals surface area (Å²) >= 11 is 1.58. The molecule has 0 aliphatic rings. The fourth-order valence-electron chi connectivity index (χ4n) is 1.15. The molecule has 0 fully saturated rings. The molecule has 1 aromatic carbocycles. The zero-order chi connectivity index (χ0) is 13.1. The molecule has 0 spiro atoms. The maximum atomic E-state index is 11.8. The van der Waals surface area contributed by atoms with Crippen molar-refractivity contribution >= 4 is 23.6 Å². The predicted octanol–water partition coefficient (Wildman–Crippen LogP) is 2.00. The molecule has 1 amide bonds. The molecule has 0 bridgehead atoms. The maximum Gasteiger partial charge on any atom is 0.328 e. The Morgan fingerprint density at radius 2 is 1.76 bits per heavy atom. The van der Waals surface area contributed by atoms with Crippen molar-refractivity contribution in [3.63, 3.8) is 0 Å². The van der Waals surface area contributed by atoms with Crippen molar-refractivity contribution in [3.05, 3.63) is 29.8 Å². The normalized spacial score (nSPS) is 11.0. The van der Waals surface area contributed by atoms with E-state index in [1.165, 1.54) is 13.8 Å². The van der Waals surface area contributed by atoms with E-state index in [0.29, 0.717) is 5.56 Å². The van der Waals surface area contributed by atoms with E-state index in [4.69, 9.17) is 5.11 Å². The highest BCUT2D eigenvalue weighted by Gasteiger charge is 2.29. The van der Waals surface area contributed by atoms with E-state index in [0.717, 1.165) is 4.90 Å². The summed E-state index contributed by atoms with van der Waals surface area (Å²) in [4.78, 5) is 23.7. The van der Waals surface area contributed by atoms with Gasteiger partial charge >= 0.3 is 5.97 Å². The first-order chi connectivity index (χ1) is 7.86. The second-order valence-electron chi connectivity index (χ2n) is 4.11. The van der Waals surface area contributed by atoms with Crippen LogP contribution in [0.1, 0.15) is 24.2 Å². The second-order valence-corrected chi connectivity index (χ2v) is 4.99. The quantitative estimate of drug-likeness (QED) is 0.805. The SMILES string of the molecule is CSc1ccc(C(=O)NC(C)(C)C(=O)O)cc1. The van der Waals surface area contributed by atoms with E-state index in [2.05, 4.69) is 5.32 Å². The van der Waals surface area contributed by atoms with Gasteiger partial charge in [-0.25, -0.2) is 4.79 Å². The summed E-state index contributed by atoms with van der Waals surface area (Å²) in [7, 11) is 0. The van der Waals surface area contributed by atoms with E-state index >= 15 is 0 Å². The summed E-state index contributed by atoms with van der Waals surface area (Å²) in [5.41, 5.74) is -0.813. The minimum Gasteiger partial charge on any atom is -0.480 e. The van der Waals surface area contributed by atoms with Crippen molar-refractivity contribution in [2.24, 2.45) is 0 Å². The van der Waals surface area contributed by atoms with Crippen molar-refractivity contribution in [2.75, 3.05) is 6.26 Å². The molecule has 0 aromatic heterocycles. The largest absolute Gasteiger partial charge is 0.480 e. The van der Waals surface area contributed by atoms with Gasteiger partial charge in [-0.2, -0.15) is 0 Å². The number of hydrogen-bond acceptors (Lipinski definition) is 3. The lowest BCUT2D eigenvalue weighted by molar-refractivity contribution is -0.143. The van der Waals surface area contributed by atoms with Gasteiger partial charge in [0.05, 0.1) is 0 Å². The average Bonchev–Trinajstić information content (AvgIpc) is 2.28. The Labute approximate surface area is 104 Å². The Balaban J connectivity index is 2.80. The van der Waals surface area contributed by atoms with Gasteiger partial charge in [0.15, 0.2) is 0 Å². The number of carbonyl (C=O) groups excluding carboxylic acids is 1. The summed E-state index contributed by atoms with van der Waals surface area (Å²) in [6.45, 7) is 2.90. The number of carboxylic acid groups (broad SMARTS) is 1. The third-order valence-corrected chi connectivity index (χ3v) is 3.06. The number of aliphatic carboxylic acids is 1. The molecule has 0 atom stereocenters. The van der Waals surface area contributed by atoms with Crippen LogP contribution in [0.15, 0.2) is 29.2 Å². The van der Waals surface area contributed by atoms with E-state index in [1.807, 2.05) is 18.4 Å². The summed E-state index contributed by atoms with van der Waals surface area (Å²) in [6, 6.07) is 7.01. The summed E-state index contributed by atoms with van der Waals surface area (Å²) in [6.07, 6.45) is 1.95. The molecular weight excluding hydrogens is 238 g/mol. The molecule has 2 N–H and O–H groups in total. The Kier molecular flexibility index (Phi) is 4.17. The zero-order valence-electron chi connectivity index (χ0n) is 9.98. The Bertz CT molecular complexity index is 426. The molecule has 1 rings (SSSR count). The lowest BCUT2D eigenvalue weighted by Gasteiger charge is -2.20. The standard InChI is InChI=1S/C12H15NO3S/c1-12(2,11(15)16)13-10(14)8-4-6-9(17-3)7-5-8/h4-7H,1-3H3,(H,13,14)(H,15,16). The lowest BCUT2D eigenvalue weighted by atomic mass is 10.1. The number of hydrogen-bond donors (Lipinski definition) is 2. The van der Waals surface area contributed by atoms with Crippen LogP contribution in [-0.2, 0) is 4.79 Å². The van der Waals surface area contributed by atoms with Crippen molar-refractivity contribution in [2.45, 2.75) is 24.3 Å². The number of benzene rings is 1. The highest BCUT2D eigenvalue weighted by Crippen LogP contribution is 2.15. The van der Waals surface area contributed by atoms with Gasteiger partial charge in [0.2, 0.25) is 0 Å². The van der Waals surface area contributed by atoms with Crippen molar-refractivity contribution in [1.29, 1.82) is 0 Å². The number of carboxylic acids is 1. The topological polar surface area (TPSA) is 66.4 Å². The number of nitrogens with one attached hydrogen (secondary N) is 1. The number of thioether (sulfide) groups is 1. The molecule has 0 radical (unpaired) electrons. The molecule has 0 aliphatic carbocycles. The minimum atomic E-state index is -1.27. The van der Waals surface area contributed by atoms with E-state index in [9.17, 15) is 9.59 Å². The van der Waals surface area contributed by atoms with Gasteiger partial charge in [-0.15, -0.1) is 11.8 Å². The van der Waals surface area contributed by atoms with E-state index < -0.39 is 11.5 Å². The first-order valence-corrected chi connectivity index (χ1v) is 6.29. The molecule has 17 heavy (non-hydrogen) atoms. The van der Waals surface area contributed by atoms with Gasteiger partial charge in [-0.1, -0.05) is 0 Å². The fourth-order valence-corrected chi connectivity index (χ4v) is 1.56. The summed E-state index contributed by atoms with van der Waals surface area (Å²) in [5.74, 6) is -1.45. The molecule has 0 unspecified atom stereocenters. The molecule has 0 saturated carbocycles. The lowest BCUT2D eigenvalue weighted by Crippen LogP contribution is -2.49. The first-order valence-electron chi connectivity index (χ1n) is 5.07. The summed E-state index contributed by atoms with van der Waals surface area (Å²) < 4.78 is 0. The fraction of sp³-hybridized carbons (Fsp3) is 0.333. The van der Waals surface area contributed by atoms with Crippen molar-refractivity contribution in [1.82, 2.24) is 5.32 Å². The van der Waals surface area contributed by atoms with Crippen LogP contribution >= 0.6 is 11.8 Å². The molecule has 0 aliphatic heterocycles. The van der Waals surface area contributed by atoms with Crippen LogP contribution in [0.4, 0.5) is 0 Å². The average molecular weight is 253 g/mol. The maximum absolute atomic E-state index is 11.8. The molecule has 0 saturated heterocycles. The highest BCUT2D eigenvalue weighted by molar-refractivity contribution is 7.98. The monoisotopic (exact) mass is 253 g/mol. The van der Waals surface area contributed by atoms with Gasteiger partial charge in [0.25, 0.3) is 5.91 Å². The highest BCUT2D eigenvalue weighted by atomic mass is 32.2. The molecule has 1 aromatic rings. The third-order valence-electron chi connectivity index (χ3n) is 2.31. The van der Waals surface area contributed by atoms with Gasteiger partial charge in [0.1, 0.15) is 5.54 Å². The molecule has 4 nitrogen and oxygen atoms in total. The van der Waals surface area contributed by atoms with E-state index in [-0.39, 0.29) is 5.91 Å². The van der Waals surface area contributed by atoms with Crippen LogP contribution in [0, 0.1) is 0 Å². The Morgan fingerprint density at radius 3 is 2.18 bits per heavy atom. The van der Waals surface area contributed by atoms with Gasteiger partial charge in [-0.05, 0) is 44.4 Å². The van der Waals surface area contributed by atoms with E-state index in [1.54, 1.807) is 23.9 Å². The van der Waals surface area contributed by atoms with Crippen LogP contribution in [0.5, 0.6) is 0 Å². The number of rotatable bonds is 4. The molecule has 92 valence electrons. The van der Waals surface area contributed by atoms with Crippen LogP contribution in [0.3, 0.4) is 0 Å². The number of carbonyl (C=O) groups is 2. The summed E-state index contributed by atoms with van der Waals surface area (Å²) in [5, 5.41) is 11.4. The Hall–Kier alpha value is -1.49.